The smallest absolute Gasteiger partial charge is 0.304 e. The van der Waals surface area contributed by atoms with Crippen LogP contribution < -0.4 is 0 Å². The van der Waals surface area contributed by atoms with Crippen LogP contribution in [0.3, 0.4) is 0 Å². The minimum atomic E-state index is -0.701. The third kappa shape index (κ3) is 3.49. The quantitative estimate of drug-likeness (QED) is 0.859. The molecule has 0 bridgehead atoms. The van der Waals surface area contributed by atoms with E-state index >= 15 is 0 Å². The Bertz CT molecular complexity index is 408. The zero-order valence-corrected chi connectivity index (χ0v) is 11.4. The highest BCUT2D eigenvalue weighted by Gasteiger charge is 2.24. The minimum absolute atomic E-state index is 0.175. The number of thioether (sulfide) groups is 1. The van der Waals surface area contributed by atoms with Crippen LogP contribution in [0.5, 0.6) is 0 Å². The molecule has 1 atom stereocenters. The Balaban J connectivity index is 1.89. The van der Waals surface area contributed by atoms with E-state index in [-0.39, 0.29) is 12.5 Å². The number of nitrogens with zero attached hydrogens (tertiary/aromatic N) is 3. The first-order valence-electron chi connectivity index (χ1n) is 6.17. The Labute approximate surface area is 111 Å². The highest BCUT2D eigenvalue weighted by atomic mass is 32.2. The van der Waals surface area contributed by atoms with Gasteiger partial charge in [-0.25, -0.2) is 0 Å². The molecule has 6 heteroatoms. The van der Waals surface area contributed by atoms with Crippen molar-refractivity contribution in [2.24, 2.45) is 7.05 Å². The maximum atomic E-state index is 10.9. The highest BCUT2D eigenvalue weighted by Crippen LogP contribution is 2.19. The second-order valence-corrected chi connectivity index (χ2v) is 5.71. The van der Waals surface area contributed by atoms with E-state index in [2.05, 4.69) is 10.00 Å². The highest BCUT2D eigenvalue weighted by molar-refractivity contribution is 7.99. The van der Waals surface area contributed by atoms with Gasteiger partial charge in [0.1, 0.15) is 0 Å². The molecule has 1 aliphatic heterocycles. The molecular weight excluding hydrogens is 250 g/mol. The SMILES string of the molecule is Cn1nccc1CCN1CCSCC1CC(=O)O. The summed E-state index contributed by atoms with van der Waals surface area (Å²) in [5.41, 5.74) is 1.20. The summed E-state index contributed by atoms with van der Waals surface area (Å²) in [6.07, 6.45) is 2.98. The van der Waals surface area contributed by atoms with Crippen molar-refractivity contribution in [1.82, 2.24) is 14.7 Å². The van der Waals surface area contributed by atoms with Crippen molar-refractivity contribution in [3.63, 3.8) is 0 Å². The third-order valence-corrected chi connectivity index (χ3v) is 4.43. The molecule has 1 saturated heterocycles. The van der Waals surface area contributed by atoms with Gasteiger partial charge in [-0.15, -0.1) is 0 Å². The number of rotatable bonds is 5. The summed E-state index contributed by atoms with van der Waals surface area (Å²) < 4.78 is 1.88. The van der Waals surface area contributed by atoms with Crippen molar-refractivity contribution in [1.29, 1.82) is 0 Å². The molecule has 2 rings (SSSR count). The van der Waals surface area contributed by atoms with Crippen LogP contribution in [0.15, 0.2) is 12.3 Å². The van der Waals surface area contributed by atoms with Crippen molar-refractivity contribution in [3.05, 3.63) is 18.0 Å². The summed E-state index contributed by atoms with van der Waals surface area (Å²) in [6, 6.07) is 2.19. The van der Waals surface area contributed by atoms with Crippen molar-refractivity contribution in [3.8, 4) is 0 Å². The molecule has 1 aliphatic rings. The summed E-state index contributed by atoms with van der Waals surface area (Å²) in [7, 11) is 1.94. The predicted octanol–water partition coefficient (Wildman–Crippen LogP) is 0.855. The number of aryl methyl sites for hydroxylation is 1. The van der Waals surface area contributed by atoms with Crippen LogP contribution in [-0.2, 0) is 18.3 Å². The summed E-state index contributed by atoms with van der Waals surface area (Å²) in [5.74, 6) is 1.33. The van der Waals surface area contributed by atoms with Crippen LogP contribution in [0.25, 0.3) is 0 Å². The molecule has 5 nitrogen and oxygen atoms in total. The average molecular weight is 269 g/mol. The molecule has 0 saturated carbocycles. The molecule has 0 radical (unpaired) electrons. The van der Waals surface area contributed by atoms with Crippen LogP contribution in [0.1, 0.15) is 12.1 Å². The second kappa shape index (κ2) is 6.24. The maximum Gasteiger partial charge on any atom is 0.304 e. The summed E-state index contributed by atoms with van der Waals surface area (Å²) in [5, 5.41) is 13.1. The molecule has 1 N–H and O–H groups in total. The van der Waals surface area contributed by atoms with Crippen LogP contribution >= 0.6 is 11.8 Å². The van der Waals surface area contributed by atoms with E-state index in [1.165, 1.54) is 5.69 Å². The van der Waals surface area contributed by atoms with Crippen molar-refractivity contribution in [2.75, 3.05) is 24.6 Å². The Kier molecular flexibility index (Phi) is 4.66. The number of carboxylic acids is 1. The molecule has 1 unspecified atom stereocenters. The predicted molar refractivity (Wildman–Crippen MR) is 71.9 cm³/mol. The fourth-order valence-electron chi connectivity index (χ4n) is 2.28. The Morgan fingerprint density at radius 3 is 3.17 bits per heavy atom. The van der Waals surface area contributed by atoms with Crippen LogP contribution in [0, 0.1) is 0 Å². The standard InChI is InChI=1S/C12H19N3O2S/c1-14-10(2-4-13-14)3-5-15-6-7-18-9-11(15)8-12(16)17/h2,4,11H,3,5-9H2,1H3,(H,16,17). The molecule has 18 heavy (non-hydrogen) atoms. The van der Waals surface area contributed by atoms with E-state index in [1.54, 1.807) is 6.20 Å². The summed E-state index contributed by atoms with van der Waals surface area (Å²) >= 11 is 1.85. The second-order valence-electron chi connectivity index (χ2n) is 4.56. The van der Waals surface area contributed by atoms with Gasteiger partial charge in [-0.05, 0) is 6.07 Å². The molecule has 1 aromatic heterocycles. The molecule has 0 aromatic carbocycles. The Morgan fingerprint density at radius 2 is 2.50 bits per heavy atom. The first-order valence-corrected chi connectivity index (χ1v) is 7.33. The molecular formula is C12H19N3O2S. The fraction of sp³-hybridized carbons (Fsp3) is 0.667. The summed E-state index contributed by atoms with van der Waals surface area (Å²) in [6.45, 7) is 1.90. The van der Waals surface area contributed by atoms with E-state index in [0.717, 1.165) is 31.0 Å². The van der Waals surface area contributed by atoms with Gasteiger partial charge in [-0.2, -0.15) is 16.9 Å². The molecule has 2 heterocycles. The Hall–Kier alpha value is -1.01. The van der Waals surface area contributed by atoms with E-state index in [4.69, 9.17) is 5.11 Å². The van der Waals surface area contributed by atoms with Gasteiger partial charge >= 0.3 is 5.97 Å². The molecule has 1 fully saturated rings. The largest absolute Gasteiger partial charge is 0.481 e. The molecule has 0 amide bonds. The van der Waals surface area contributed by atoms with Gasteiger partial charge in [-0.3, -0.25) is 14.4 Å². The normalized spacial score (nSPS) is 21.1. The first kappa shape index (κ1) is 13.4. The van der Waals surface area contributed by atoms with Crippen LogP contribution in [0.2, 0.25) is 0 Å². The number of carbonyl (C=O) groups is 1. The van der Waals surface area contributed by atoms with E-state index in [0.29, 0.717) is 0 Å². The minimum Gasteiger partial charge on any atom is -0.481 e. The third-order valence-electron chi connectivity index (χ3n) is 3.34. The van der Waals surface area contributed by atoms with E-state index < -0.39 is 5.97 Å². The average Bonchev–Trinajstić information content (AvgIpc) is 2.73. The lowest BCUT2D eigenvalue weighted by molar-refractivity contribution is -0.138. The van der Waals surface area contributed by atoms with Crippen molar-refractivity contribution in [2.45, 2.75) is 18.9 Å². The van der Waals surface area contributed by atoms with Gasteiger partial charge in [0.05, 0.1) is 6.42 Å². The molecule has 1 aromatic rings. The van der Waals surface area contributed by atoms with Gasteiger partial charge in [0.15, 0.2) is 0 Å². The molecule has 0 spiro atoms. The van der Waals surface area contributed by atoms with Gasteiger partial charge in [0.2, 0.25) is 0 Å². The van der Waals surface area contributed by atoms with E-state index in [9.17, 15) is 4.79 Å². The molecule has 100 valence electrons. The lowest BCUT2D eigenvalue weighted by atomic mass is 10.1. The fourth-order valence-corrected chi connectivity index (χ4v) is 3.41. The topological polar surface area (TPSA) is 58.4 Å². The number of carboxylic acid groups (broad SMARTS) is 1. The number of hydrogen-bond donors (Lipinski definition) is 1. The van der Waals surface area contributed by atoms with Gasteiger partial charge in [-0.1, -0.05) is 0 Å². The monoisotopic (exact) mass is 269 g/mol. The summed E-state index contributed by atoms with van der Waals surface area (Å²) in [4.78, 5) is 13.2. The number of hydrogen-bond acceptors (Lipinski definition) is 4. The van der Waals surface area contributed by atoms with Crippen molar-refractivity contribution < 1.29 is 9.90 Å². The van der Waals surface area contributed by atoms with Gasteiger partial charge < -0.3 is 5.11 Å². The molecule has 0 aliphatic carbocycles. The van der Waals surface area contributed by atoms with E-state index in [1.807, 2.05) is 29.6 Å². The Morgan fingerprint density at radius 1 is 1.67 bits per heavy atom. The van der Waals surface area contributed by atoms with Crippen LogP contribution in [0.4, 0.5) is 0 Å². The number of aromatic nitrogens is 2. The number of aliphatic carboxylic acids is 1. The lowest BCUT2D eigenvalue weighted by Gasteiger charge is -2.34. The maximum absolute atomic E-state index is 10.9. The van der Waals surface area contributed by atoms with Gasteiger partial charge in [0, 0.05) is 56.0 Å². The first-order chi connectivity index (χ1) is 8.66. The lowest BCUT2D eigenvalue weighted by Crippen LogP contribution is -2.44. The van der Waals surface area contributed by atoms with Crippen LogP contribution in [-0.4, -0.2) is 56.4 Å². The zero-order chi connectivity index (χ0) is 13.0. The van der Waals surface area contributed by atoms with Crippen molar-refractivity contribution >= 4 is 17.7 Å². The van der Waals surface area contributed by atoms with Gasteiger partial charge in [0.25, 0.3) is 0 Å². The zero-order valence-electron chi connectivity index (χ0n) is 10.6.